The lowest BCUT2D eigenvalue weighted by Gasteiger charge is -2.14. The number of ether oxygens (including phenoxy) is 1. The van der Waals surface area contributed by atoms with Crippen molar-refractivity contribution < 1.29 is 22.7 Å². The van der Waals surface area contributed by atoms with Gasteiger partial charge in [-0.3, -0.25) is 4.79 Å². The van der Waals surface area contributed by atoms with E-state index >= 15 is 0 Å². The smallest absolute Gasteiger partial charge is 0.328 e. The number of carbonyl (C=O) groups is 2. The van der Waals surface area contributed by atoms with Crippen LogP contribution in [-0.2, 0) is 16.4 Å². The van der Waals surface area contributed by atoms with Gasteiger partial charge in [-0.2, -0.15) is 0 Å². The van der Waals surface area contributed by atoms with Gasteiger partial charge in [-0.25, -0.2) is 17.9 Å². The molecule has 10 heteroatoms. The van der Waals surface area contributed by atoms with E-state index in [1.807, 2.05) is 10.8 Å². The van der Waals surface area contributed by atoms with Gasteiger partial charge in [-0.15, -0.1) is 0 Å². The summed E-state index contributed by atoms with van der Waals surface area (Å²) in [5.41, 5.74) is 2.10. The van der Waals surface area contributed by atoms with Crippen LogP contribution in [0.3, 0.4) is 0 Å². The number of carbonyl (C=O) groups excluding carboxylic acids is 2. The van der Waals surface area contributed by atoms with Crippen LogP contribution in [0.2, 0.25) is 5.02 Å². The lowest BCUT2D eigenvalue weighted by atomic mass is 10.0. The number of sulfonamides is 1. The Hall–Kier alpha value is -3.56. The fourth-order valence-electron chi connectivity index (χ4n) is 3.30. The van der Waals surface area contributed by atoms with Crippen LogP contribution in [0.15, 0.2) is 71.6 Å². The number of urea groups is 1. The molecule has 0 saturated carbocycles. The number of rotatable bonds is 8. The van der Waals surface area contributed by atoms with Crippen LogP contribution in [-0.4, -0.2) is 41.1 Å². The van der Waals surface area contributed by atoms with E-state index in [2.05, 4.69) is 10.6 Å². The Morgan fingerprint density at radius 2 is 1.74 bits per heavy atom. The summed E-state index contributed by atoms with van der Waals surface area (Å²) in [5.74, 6) is 0.0251. The molecule has 0 aliphatic heterocycles. The third kappa shape index (κ3) is 6.06. The number of hydrogen-bond acceptors (Lipinski definition) is 5. The van der Waals surface area contributed by atoms with Gasteiger partial charge in [0.2, 0.25) is 0 Å². The average Bonchev–Trinajstić information content (AvgIpc) is 2.84. The number of methoxy groups -OCH3 is 1. The molecule has 0 atom stereocenters. The summed E-state index contributed by atoms with van der Waals surface area (Å²) in [4.78, 5) is 24.3. The Morgan fingerprint density at radius 3 is 2.41 bits per heavy atom. The molecule has 0 heterocycles. The predicted octanol–water partition coefficient (Wildman–Crippen LogP) is 3.61. The van der Waals surface area contributed by atoms with Crippen LogP contribution in [0.5, 0.6) is 5.75 Å². The van der Waals surface area contributed by atoms with Crippen LogP contribution in [0.25, 0.3) is 11.1 Å². The van der Waals surface area contributed by atoms with Gasteiger partial charge in [0.05, 0.1) is 17.6 Å². The molecule has 0 spiro atoms. The van der Waals surface area contributed by atoms with Crippen molar-refractivity contribution in [2.24, 2.45) is 0 Å². The summed E-state index contributed by atoms with van der Waals surface area (Å²) in [6.45, 7) is 0.238. The van der Waals surface area contributed by atoms with E-state index in [0.29, 0.717) is 39.4 Å². The average molecular weight is 502 g/mol. The molecule has 178 valence electrons. The minimum Gasteiger partial charge on any atom is -0.496 e. The Labute approximate surface area is 203 Å². The second kappa shape index (κ2) is 11.0. The maximum Gasteiger partial charge on any atom is 0.328 e. The van der Waals surface area contributed by atoms with Crippen molar-refractivity contribution in [2.45, 2.75) is 11.3 Å². The van der Waals surface area contributed by atoms with Crippen molar-refractivity contribution in [3.8, 4) is 16.9 Å². The van der Waals surface area contributed by atoms with Gasteiger partial charge in [0.15, 0.2) is 0 Å². The summed E-state index contributed by atoms with van der Waals surface area (Å²) in [7, 11) is -1.36. The molecule has 0 fully saturated rings. The van der Waals surface area contributed by atoms with E-state index in [-0.39, 0.29) is 17.3 Å². The Bertz CT molecular complexity index is 1300. The molecule has 3 amide bonds. The first-order valence-corrected chi connectivity index (χ1v) is 12.2. The molecule has 34 heavy (non-hydrogen) atoms. The second-order valence-corrected chi connectivity index (χ2v) is 9.32. The molecule has 0 unspecified atom stereocenters. The maximum absolute atomic E-state index is 12.9. The minimum absolute atomic E-state index is 0.0392. The Kier molecular flexibility index (Phi) is 8.14. The van der Waals surface area contributed by atoms with Crippen LogP contribution in [0.1, 0.15) is 15.9 Å². The zero-order valence-corrected chi connectivity index (χ0v) is 20.2. The first-order valence-electron chi connectivity index (χ1n) is 10.3. The molecule has 0 aromatic heterocycles. The van der Waals surface area contributed by atoms with Crippen molar-refractivity contribution in [2.75, 3.05) is 20.7 Å². The Balaban J connectivity index is 1.84. The molecule has 0 radical (unpaired) electrons. The monoisotopic (exact) mass is 501 g/mol. The molecule has 3 rings (SSSR count). The molecule has 0 aliphatic rings. The molecule has 0 bridgehead atoms. The lowest BCUT2D eigenvalue weighted by Crippen LogP contribution is -2.37. The molecule has 3 N–H and O–H groups in total. The van der Waals surface area contributed by atoms with Crippen molar-refractivity contribution in [3.05, 3.63) is 82.9 Å². The van der Waals surface area contributed by atoms with Crippen LogP contribution in [0.4, 0.5) is 4.79 Å². The van der Waals surface area contributed by atoms with Crippen molar-refractivity contribution in [1.29, 1.82) is 0 Å². The molecule has 3 aromatic rings. The maximum atomic E-state index is 12.9. The first kappa shape index (κ1) is 25.1. The van der Waals surface area contributed by atoms with E-state index < -0.39 is 16.1 Å². The Morgan fingerprint density at radius 1 is 1.00 bits per heavy atom. The first-order chi connectivity index (χ1) is 16.2. The van der Waals surface area contributed by atoms with Gasteiger partial charge < -0.3 is 15.4 Å². The standard InChI is InChI=1S/C24H24ClN3O5S/c1-26-24(30)28-34(31,32)22-14-16(8-10-19(22)17-6-4-3-5-7-17)12-13-27-23(29)20-15-18(25)9-11-21(20)33-2/h3-11,14-15H,12-13H2,1-2H3,(H,27,29)(H2,26,28,30). The van der Waals surface area contributed by atoms with E-state index in [1.165, 1.54) is 26.3 Å². The lowest BCUT2D eigenvalue weighted by molar-refractivity contribution is 0.0951. The highest BCUT2D eigenvalue weighted by atomic mass is 35.5. The SMILES string of the molecule is CNC(=O)NS(=O)(=O)c1cc(CCNC(=O)c2cc(Cl)ccc2OC)ccc1-c1ccccc1. The van der Waals surface area contributed by atoms with E-state index in [0.717, 1.165) is 0 Å². The normalized spacial score (nSPS) is 10.9. The van der Waals surface area contributed by atoms with Gasteiger partial charge in [0.1, 0.15) is 5.75 Å². The largest absolute Gasteiger partial charge is 0.496 e. The summed E-state index contributed by atoms with van der Waals surface area (Å²) in [6.07, 6.45) is 0.353. The predicted molar refractivity (Wildman–Crippen MR) is 131 cm³/mol. The topological polar surface area (TPSA) is 114 Å². The highest BCUT2D eigenvalue weighted by Gasteiger charge is 2.22. The number of nitrogens with one attached hydrogen (secondary N) is 3. The van der Waals surface area contributed by atoms with E-state index in [4.69, 9.17) is 16.3 Å². The number of halogens is 1. The quantitative estimate of drug-likeness (QED) is 0.436. The van der Waals surface area contributed by atoms with Gasteiger partial charge in [-0.05, 0) is 41.8 Å². The number of hydrogen-bond donors (Lipinski definition) is 3. The second-order valence-electron chi connectivity index (χ2n) is 7.23. The molecule has 0 aliphatic carbocycles. The van der Waals surface area contributed by atoms with E-state index in [9.17, 15) is 18.0 Å². The third-order valence-electron chi connectivity index (χ3n) is 4.98. The van der Waals surface area contributed by atoms with Crippen molar-refractivity contribution in [3.63, 3.8) is 0 Å². The van der Waals surface area contributed by atoms with Gasteiger partial charge in [-0.1, -0.05) is 54.1 Å². The van der Waals surface area contributed by atoms with E-state index in [1.54, 1.807) is 48.5 Å². The van der Waals surface area contributed by atoms with Crippen molar-refractivity contribution in [1.82, 2.24) is 15.4 Å². The zero-order chi connectivity index (χ0) is 24.7. The number of benzene rings is 3. The molecular weight excluding hydrogens is 478 g/mol. The van der Waals surface area contributed by atoms with Gasteiger partial charge in [0, 0.05) is 24.2 Å². The summed E-state index contributed by atoms with van der Waals surface area (Å²) in [6, 6.07) is 17.9. The molecule has 8 nitrogen and oxygen atoms in total. The third-order valence-corrected chi connectivity index (χ3v) is 6.59. The van der Waals surface area contributed by atoms with Crippen LogP contribution < -0.4 is 20.1 Å². The van der Waals surface area contributed by atoms with Crippen molar-refractivity contribution >= 4 is 33.6 Å². The zero-order valence-electron chi connectivity index (χ0n) is 18.6. The molecule has 0 saturated heterocycles. The number of amides is 3. The summed E-state index contributed by atoms with van der Waals surface area (Å²) >= 11 is 5.99. The highest BCUT2D eigenvalue weighted by molar-refractivity contribution is 7.90. The summed E-state index contributed by atoms with van der Waals surface area (Å²) in [5, 5.41) is 5.44. The highest BCUT2D eigenvalue weighted by Crippen LogP contribution is 2.28. The molecular formula is C24H24ClN3O5S. The fraction of sp³-hybridized carbons (Fsp3) is 0.167. The van der Waals surface area contributed by atoms with Crippen LogP contribution in [0, 0.1) is 0 Å². The van der Waals surface area contributed by atoms with Crippen LogP contribution >= 0.6 is 11.6 Å². The fourth-order valence-corrected chi connectivity index (χ4v) is 4.71. The van der Waals surface area contributed by atoms with Gasteiger partial charge in [0.25, 0.3) is 15.9 Å². The summed E-state index contributed by atoms with van der Waals surface area (Å²) < 4.78 is 33.1. The minimum atomic E-state index is -4.15. The van der Waals surface area contributed by atoms with Gasteiger partial charge >= 0.3 is 6.03 Å². The molecule has 3 aromatic carbocycles.